The topological polar surface area (TPSA) is 49.9 Å². The molecule has 5 heteroatoms. The maximum Gasteiger partial charge on any atom is 0.222 e. The highest BCUT2D eigenvalue weighted by Crippen LogP contribution is 2.29. The summed E-state index contributed by atoms with van der Waals surface area (Å²) in [5, 5.41) is 0. The quantitative estimate of drug-likeness (QED) is 0.766. The average molecular weight is 351 g/mol. The van der Waals surface area contributed by atoms with Gasteiger partial charge in [0, 0.05) is 51.7 Å². The lowest BCUT2D eigenvalue weighted by molar-refractivity contribution is -0.142. The molecule has 3 fully saturated rings. The Hall–Kier alpha value is -1.10. The largest absolute Gasteiger partial charge is 0.381 e. The summed E-state index contributed by atoms with van der Waals surface area (Å²) in [4.78, 5) is 29.1. The standard InChI is InChI=1S/C20H34N2O3/c1-16(23)22(18-10-13-25-14-11-18)19-7-4-12-21(15-19)20(24)9-8-17-5-2-3-6-17/h17-19H,2-15H2,1H3. The molecule has 1 atom stereocenters. The summed E-state index contributed by atoms with van der Waals surface area (Å²) in [6.07, 6.45) is 10.9. The van der Waals surface area contributed by atoms with Crippen LogP contribution in [-0.4, -0.2) is 60.0 Å². The van der Waals surface area contributed by atoms with E-state index in [1.54, 1.807) is 6.92 Å². The summed E-state index contributed by atoms with van der Waals surface area (Å²) in [5.74, 6) is 1.21. The second kappa shape index (κ2) is 9.02. The maximum absolute atomic E-state index is 12.7. The Morgan fingerprint density at radius 1 is 1.00 bits per heavy atom. The first kappa shape index (κ1) is 18.7. The summed E-state index contributed by atoms with van der Waals surface area (Å²) < 4.78 is 5.45. The minimum atomic E-state index is 0.150. The number of nitrogens with zero attached hydrogens (tertiary/aromatic N) is 2. The highest BCUT2D eigenvalue weighted by molar-refractivity contribution is 5.77. The summed E-state index contributed by atoms with van der Waals surface area (Å²) in [5.41, 5.74) is 0. The van der Waals surface area contributed by atoms with Crippen LogP contribution in [0.15, 0.2) is 0 Å². The number of piperidine rings is 1. The van der Waals surface area contributed by atoms with Crippen molar-refractivity contribution in [1.82, 2.24) is 9.80 Å². The molecular weight excluding hydrogens is 316 g/mol. The van der Waals surface area contributed by atoms with Crippen LogP contribution in [0, 0.1) is 5.92 Å². The van der Waals surface area contributed by atoms with Crippen LogP contribution in [0.2, 0.25) is 0 Å². The van der Waals surface area contributed by atoms with Gasteiger partial charge in [0.05, 0.1) is 0 Å². The van der Waals surface area contributed by atoms with Crippen molar-refractivity contribution < 1.29 is 14.3 Å². The fourth-order valence-electron chi connectivity index (χ4n) is 4.97. The molecular formula is C20H34N2O3. The second-order valence-electron chi connectivity index (χ2n) is 8.09. The fourth-order valence-corrected chi connectivity index (χ4v) is 4.97. The third-order valence-corrected chi connectivity index (χ3v) is 6.33. The van der Waals surface area contributed by atoms with Crippen LogP contribution in [0.3, 0.4) is 0 Å². The third kappa shape index (κ3) is 4.96. The van der Waals surface area contributed by atoms with Crippen molar-refractivity contribution in [2.24, 2.45) is 5.92 Å². The predicted molar refractivity (Wildman–Crippen MR) is 97.2 cm³/mol. The van der Waals surface area contributed by atoms with Gasteiger partial charge < -0.3 is 14.5 Å². The number of likely N-dealkylation sites (tertiary alicyclic amines) is 1. The van der Waals surface area contributed by atoms with Gasteiger partial charge >= 0.3 is 0 Å². The van der Waals surface area contributed by atoms with Crippen molar-refractivity contribution in [1.29, 1.82) is 0 Å². The Bertz CT molecular complexity index is 456. The number of amides is 2. The van der Waals surface area contributed by atoms with Gasteiger partial charge in [0.15, 0.2) is 0 Å². The molecule has 0 aromatic carbocycles. The van der Waals surface area contributed by atoms with Crippen molar-refractivity contribution in [2.75, 3.05) is 26.3 Å². The third-order valence-electron chi connectivity index (χ3n) is 6.33. The molecule has 142 valence electrons. The van der Waals surface area contributed by atoms with Gasteiger partial charge in [-0.1, -0.05) is 25.7 Å². The van der Waals surface area contributed by atoms with Gasteiger partial charge in [0.25, 0.3) is 0 Å². The predicted octanol–water partition coefficient (Wildman–Crippen LogP) is 2.98. The Kier molecular flexibility index (Phi) is 6.74. The number of carbonyl (C=O) groups excluding carboxylic acids is 2. The van der Waals surface area contributed by atoms with Crippen molar-refractivity contribution in [3.63, 3.8) is 0 Å². The molecule has 2 aliphatic heterocycles. The lowest BCUT2D eigenvalue weighted by Crippen LogP contribution is -2.55. The molecule has 0 spiro atoms. The molecule has 0 radical (unpaired) electrons. The van der Waals surface area contributed by atoms with Gasteiger partial charge in [-0.3, -0.25) is 9.59 Å². The minimum Gasteiger partial charge on any atom is -0.381 e. The summed E-state index contributed by atoms with van der Waals surface area (Å²) in [6, 6.07) is 0.467. The van der Waals surface area contributed by atoms with Crippen LogP contribution >= 0.6 is 0 Å². The SMILES string of the molecule is CC(=O)N(C1CCOCC1)C1CCCN(C(=O)CCC2CCCC2)C1. The molecule has 1 aliphatic carbocycles. The lowest BCUT2D eigenvalue weighted by Gasteiger charge is -2.44. The van der Waals surface area contributed by atoms with E-state index in [0.717, 1.165) is 64.3 Å². The molecule has 5 nitrogen and oxygen atoms in total. The molecule has 25 heavy (non-hydrogen) atoms. The van der Waals surface area contributed by atoms with E-state index < -0.39 is 0 Å². The number of hydrogen-bond acceptors (Lipinski definition) is 3. The van der Waals surface area contributed by atoms with Crippen LogP contribution in [0.1, 0.15) is 71.1 Å². The number of ether oxygens (including phenoxy) is 1. The van der Waals surface area contributed by atoms with E-state index in [1.807, 2.05) is 4.90 Å². The van der Waals surface area contributed by atoms with Crippen LogP contribution in [0.25, 0.3) is 0 Å². The zero-order chi connectivity index (χ0) is 17.6. The average Bonchev–Trinajstić information content (AvgIpc) is 3.14. The molecule has 0 aromatic rings. The first-order valence-corrected chi connectivity index (χ1v) is 10.3. The van der Waals surface area contributed by atoms with Gasteiger partial charge in [-0.25, -0.2) is 0 Å². The Morgan fingerprint density at radius 3 is 2.40 bits per heavy atom. The first-order valence-electron chi connectivity index (χ1n) is 10.3. The van der Waals surface area contributed by atoms with Gasteiger partial charge in [0.1, 0.15) is 0 Å². The number of carbonyl (C=O) groups is 2. The first-order chi connectivity index (χ1) is 12.1. The zero-order valence-electron chi connectivity index (χ0n) is 15.8. The Morgan fingerprint density at radius 2 is 1.72 bits per heavy atom. The Labute approximate surface area is 152 Å². The van der Waals surface area contributed by atoms with Gasteiger partial charge in [0.2, 0.25) is 11.8 Å². The van der Waals surface area contributed by atoms with Crippen molar-refractivity contribution >= 4 is 11.8 Å². The molecule has 0 N–H and O–H groups in total. The Balaban J connectivity index is 1.54. The molecule has 0 aromatic heterocycles. The van der Waals surface area contributed by atoms with E-state index >= 15 is 0 Å². The van der Waals surface area contributed by atoms with Crippen LogP contribution in [0.4, 0.5) is 0 Å². The molecule has 2 saturated heterocycles. The van der Waals surface area contributed by atoms with E-state index in [-0.39, 0.29) is 18.0 Å². The molecule has 0 bridgehead atoms. The number of hydrogen-bond donors (Lipinski definition) is 0. The van der Waals surface area contributed by atoms with Crippen molar-refractivity contribution in [3.05, 3.63) is 0 Å². The zero-order valence-corrected chi connectivity index (χ0v) is 15.8. The van der Waals surface area contributed by atoms with Crippen molar-refractivity contribution in [2.45, 2.75) is 83.2 Å². The number of rotatable bonds is 5. The van der Waals surface area contributed by atoms with E-state index in [9.17, 15) is 9.59 Å². The lowest BCUT2D eigenvalue weighted by atomic mass is 9.97. The monoisotopic (exact) mass is 350 g/mol. The molecule has 3 rings (SSSR count). The highest BCUT2D eigenvalue weighted by atomic mass is 16.5. The molecule has 3 aliphatic rings. The van der Waals surface area contributed by atoms with Crippen LogP contribution in [-0.2, 0) is 14.3 Å². The van der Waals surface area contributed by atoms with Crippen LogP contribution in [0.5, 0.6) is 0 Å². The maximum atomic E-state index is 12.7. The minimum absolute atomic E-state index is 0.150. The van der Waals surface area contributed by atoms with E-state index in [2.05, 4.69) is 4.90 Å². The molecule has 2 amide bonds. The van der Waals surface area contributed by atoms with Crippen molar-refractivity contribution in [3.8, 4) is 0 Å². The molecule has 2 heterocycles. The molecule has 1 saturated carbocycles. The van der Waals surface area contributed by atoms with Gasteiger partial charge in [-0.05, 0) is 38.0 Å². The smallest absolute Gasteiger partial charge is 0.222 e. The van der Waals surface area contributed by atoms with Crippen LogP contribution < -0.4 is 0 Å². The second-order valence-corrected chi connectivity index (χ2v) is 8.09. The normalized spacial score (nSPS) is 26.0. The van der Waals surface area contributed by atoms with Gasteiger partial charge in [-0.15, -0.1) is 0 Å². The molecule has 1 unspecified atom stereocenters. The summed E-state index contributed by atoms with van der Waals surface area (Å²) in [6.45, 7) is 4.74. The highest BCUT2D eigenvalue weighted by Gasteiger charge is 2.34. The van der Waals surface area contributed by atoms with Gasteiger partial charge in [-0.2, -0.15) is 0 Å². The summed E-state index contributed by atoms with van der Waals surface area (Å²) >= 11 is 0. The van der Waals surface area contributed by atoms with E-state index in [0.29, 0.717) is 12.3 Å². The van der Waals surface area contributed by atoms with E-state index in [4.69, 9.17) is 4.74 Å². The van der Waals surface area contributed by atoms with E-state index in [1.165, 1.54) is 25.7 Å². The summed E-state index contributed by atoms with van der Waals surface area (Å²) in [7, 11) is 0. The fraction of sp³-hybridized carbons (Fsp3) is 0.900.